The number of rotatable bonds is 15. The van der Waals surface area contributed by atoms with Crippen LogP contribution in [0.5, 0.6) is 5.75 Å². The van der Waals surface area contributed by atoms with E-state index in [4.69, 9.17) is 9.47 Å². The monoisotopic (exact) mass is 512 g/mol. The van der Waals surface area contributed by atoms with Gasteiger partial charge in [0.05, 0.1) is 18.6 Å². The van der Waals surface area contributed by atoms with Gasteiger partial charge in [0.25, 0.3) is 0 Å². The summed E-state index contributed by atoms with van der Waals surface area (Å²) in [5, 5.41) is 6.62. The number of nitrogens with one attached hydrogen (secondary N) is 2. The molecule has 1 aliphatic rings. The first-order valence-electron chi connectivity index (χ1n) is 12.4. The third kappa shape index (κ3) is 8.71. The molecule has 10 heteroatoms. The molecule has 9 nitrogen and oxygen atoms in total. The van der Waals surface area contributed by atoms with Crippen molar-refractivity contribution < 1.29 is 22.7 Å². The van der Waals surface area contributed by atoms with Crippen LogP contribution in [0.15, 0.2) is 17.0 Å². The van der Waals surface area contributed by atoms with Crippen molar-refractivity contribution in [1.29, 1.82) is 0 Å². The van der Waals surface area contributed by atoms with Gasteiger partial charge in [-0.2, -0.15) is 4.31 Å². The number of sulfonamides is 1. The van der Waals surface area contributed by atoms with E-state index in [1.807, 2.05) is 14.1 Å². The van der Waals surface area contributed by atoms with Gasteiger partial charge in [0, 0.05) is 40.3 Å². The Labute approximate surface area is 211 Å². The van der Waals surface area contributed by atoms with E-state index in [1.54, 1.807) is 38.0 Å². The highest BCUT2D eigenvalue weighted by Gasteiger charge is 2.27. The molecule has 0 radical (unpaired) electrons. The molecule has 0 bridgehead atoms. The minimum Gasteiger partial charge on any atom is -0.497 e. The second-order valence-electron chi connectivity index (χ2n) is 9.60. The van der Waals surface area contributed by atoms with Crippen molar-refractivity contribution in [1.82, 2.24) is 19.8 Å². The zero-order chi connectivity index (χ0) is 26.0. The van der Waals surface area contributed by atoms with Gasteiger partial charge in [-0.05, 0) is 81.8 Å². The molecule has 2 rings (SSSR count). The predicted octanol–water partition coefficient (Wildman–Crippen LogP) is 1.63. The molecule has 0 saturated heterocycles. The molecule has 0 unspecified atom stereocenters. The molecule has 1 saturated carbocycles. The summed E-state index contributed by atoms with van der Waals surface area (Å²) in [7, 11) is 3.17. The summed E-state index contributed by atoms with van der Waals surface area (Å²) in [6.45, 7) is 7.49. The summed E-state index contributed by atoms with van der Waals surface area (Å²) in [5.41, 5.74) is 1.27. The number of likely N-dealkylation sites (N-methyl/N-ethyl adjacent to an activating group) is 3. The molecule has 0 spiro atoms. The molecule has 2 atom stereocenters. The standard InChI is InChI=1S/C25H44N4O5S/c1-19-13-23(33-6)14-20(2)25(19)35(31,32)29(5)11-12-34-18-24(30)28(4)17-22-8-7-21(15-22)16-27-10-9-26-3/h13-14,21-22,26-27H,7-12,15-18H2,1-6H3/t21-,22+/m1/s1. The van der Waals surface area contributed by atoms with Crippen molar-refractivity contribution in [3.8, 4) is 5.75 Å². The van der Waals surface area contributed by atoms with E-state index in [-0.39, 0.29) is 30.6 Å². The van der Waals surface area contributed by atoms with Gasteiger partial charge in [-0.25, -0.2) is 8.42 Å². The molecule has 35 heavy (non-hydrogen) atoms. The van der Waals surface area contributed by atoms with E-state index in [9.17, 15) is 13.2 Å². The molecule has 0 heterocycles. The van der Waals surface area contributed by atoms with E-state index in [1.165, 1.54) is 17.8 Å². The van der Waals surface area contributed by atoms with Crippen molar-refractivity contribution in [3.63, 3.8) is 0 Å². The molecular formula is C25H44N4O5S. The summed E-state index contributed by atoms with van der Waals surface area (Å²) in [6.07, 6.45) is 3.48. The number of hydrogen-bond donors (Lipinski definition) is 2. The Morgan fingerprint density at radius 1 is 1.11 bits per heavy atom. The lowest BCUT2D eigenvalue weighted by Crippen LogP contribution is -2.36. The topological polar surface area (TPSA) is 100 Å². The summed E-state index contributed by atoms with van der Waals surface area (Å²) in [6, 6.07) is 3.43. The van der Waals surface area contributed by atoms with Gasteiger partial charge in [-0.1, -0.05) is 0 Å². The van der Waals surface area contributed by atoms with Gasteiger partial charge in [-0.15, -0.1) is 0 Å². The van der Waals surface area contributed by atoms with Crippen LogP contribution in [0.3, 0.4) is 0 Å². The molecule has 0 aliphatic heterocycles. The van der Waals surface area contributed by atoms with Crippen LogP contribution in [-0.4, -0.2) is 97.7 Å². The fourth-order valence-electron chi connectivity index (χ4n) is 4.71. The lowest BCUT2D eigenvalue weighted by Gasteiger charge is -2.22. The highest BCUT2D eigenvalue weighted by atomic mass is 32.2. The summed E-state index contributed by atoms with van der Waals surface area (Å²) in [4.78, 5) is 14.5. The van der Waals surface area contributed by atoms with Gasteiger partial charge < -0.3 is 25.0 Å². The van der Waals surface area contributed by atoms with Gasteiger partial charge in [0.1, 0.15) is 12.4 Å². The van der Waals surface area contributed by atoms with Crippen molar-refractivity contribution >= 4 is 15.9 Å². The zero-order valence-corrected chi connectivity index (χ0v) is 23.0. The smallest absolute Gasteiger partial charge is 0.248 e. The average Bonchev–Trinajstić information content (AvgIpc) is 3.25. The first kappa shape index (κ1) is 29.5. The largest absolute Gasteiger partial charge is 0.497 e. The third-order valence-electron chi connectivity index (χ3n) is 6.71. The van der Waals surface area contributed by atoms with Crippen LogP contribution in [0.25, 0.3) is 0 Å². The Hall–Kier alpha value is -1.72. The summed E-state index contributed by atoms with van der Waals surface area (Å²) >= 11 is 0. The van der Waals surface area contributed by atoms with Crippen LogP contribution >= 0.6 is 0 Å². The maximum absolute atomic E-state index is 13.1. The number of methoxy groups -OCH3 is 1. The van der Waals surface area contributed by atoms with Crippen LogP contribution < -0.4 is 15.4 Å². The Bertz CT molecular complexity index is 901. The van der Waals surface area contributed by atoms with Crippen molar-refractivity contribution in [2.24, 2.45) is 11.8 Å². The Morgan fingerprint density at radius 3 is 2.40 bits per heavy atom. The first-order chi connectivity index (χ1) is 16.6. The minimum absolute atomic E-state index is 0.0489. The molecule has 1 amide bonds. The minimum atomic E-state index is -3.68. The number of aryl methyl sites for hydroxylation is 2. The van der Waals surface area contributed by atoms with E-state index in [0.717, 1.165) is 39.0 Å². The predicted molar refractivity (Wildman–Crippen MR) is 138 cm³/mol. The first-order valence-corrected chi connectivity index (χ1v) is 13.8. The lowest BCUT2D eigenvalue weighted by atomic mass is 10.0. The van der Waals surface area contributed by atoms with Crippen LogP contribution in [0, 0.1) is 25.7 Å². The van der Waals surface area contributed by atoms with Crippen LogP contribution in [-0.2, 0) is 19.6 Å². The van der Waals surface area contributed by atoms with E-state index < -0.39 is 10.0 Å². The molecule has 2 N–H and O–H groups in total. The molecule has 1 aromatic carbocycles. The van der Waals surface area contributed by atoms with Crippen LogP contribution in [0.1, 0.15) is 30.4 Å². The van der Waals surface area contributed by atoms with Crippen molar-refractivity contribution in [2.45, 2.75) is 38.0 Å². The number of hydrogen-bond acceptors (Lipinski definition) is 7. The number of amides is 1. The number of carbonyl (C=O) groups excluding carboxylic acids is 1. The Balaban J connectivity index is 1.73. The fraction of sp³-hybridized carbons (Fsp3) is 0.720. The SMILES string of the molecule is CNCCNC[C@@H]1CC[C@H](CN(C)C(=O)COCCN(C)S(=O)(=O)c2c(C)cc(OC)cc2C)C1. The highest BCUT2D eigenvalue weighted by Crippen LogP contribution is 2.31. The molecule has 0 aromatic heterocycles. The summed E-state index contributed by atoms with van der Waals surface area (Å²) in [5.74, 6) is 1.74. The second kappa shape index (κ2) is 14.1. The van der Waals surface area contributed by atoms with Crippen LogP contribution in [0.4, 0.5) is 0 Å². The second-order valence-corrected chi connectivity index (χ2v) is 11.6. The van der Waals surface area contributed by atoms with Gasteiger partial charge in [0.15, 0.2) is 0 Å². The van der Waals surface area contributed by atoms with Crippen molar-refractivity contribution in [2.75, 3.05) is 74.2 Å². The molecular weight excluding hydrogens is 468 g/mol. The normalized spacial score (nSPS) is 18.3. The van der Waals surface area contributed by atoms with Crippen molar-refractivity contribution in [3.05, 3.63) is 23.3 Å². The summed E-state index contributed by atoms with van der Waals surface area (Å²) < 4.78 is 38.2. The van der Waals surface area contributed by atoms with E-state index in [2.05, 4.69) is 10.6 Å². The molecule has 1 aliphatic carbocycles. The fourth-order valence-corrected chi connectivity index (χ4v) is 6.27. The van der Waals surface area contributed by atoms with E-state index in [0.29, 0.717) is 28.7 Å². The van der Waals surface area contributed by atoms with Gasteiger partial charge in [-0.3, -0.25) is 4.79 Å². The average molecular weight is 513 g/mol. The maximum Gasteiger partial charge on any atom is 0.248 e. The quantitative estimate of drug-likeness (QED) is 0.345. The molecule has 200 valence electrons. The number of ether oxygens (including phenoxy) is 2. The van der Waals surface area contributed by atoms with E-state index >= 15 is 0 Å². The highest BCUT2D eigenvalue weighted by molar-refractivity contribution is 7.89. The van der Waals surface area contributed by atoms with Gasteiger partial charge >= 0.3 is 0 Å². The zero-order valence-electron chi connectivity index (χ0n) is 22.2. The van der Waals surface area contributed by atoms with Gasteiger partial charge in [0.2, 0.25) is 15.9 Å². The van der Waals surface area contributed by atoms with Crippen LogP contribution in [0.2, 0.25) is 0 Å². The number of benzene rings is 1. The maximum atomic E-state index is 13.1. The Kier molecular flexibility index (Phi) is 11.9. The Morgan fingerprint density at radius 2 is 1.77 bits per heavy atom. The third-order valence-corrected chi connectivity index (χ3v) is 8.87. The number of carbonyl (C=O) groups is 1. The lowest BCUT2D eigenvalue weighted by molar-refractivity contribution is -0.135. The molecule has 1 aromatic rings. The number of nitrogens with zero attached hydrogens (tertiary/aromatic N) is 2. The molecule has 1 fully saturated rings.